The van der Waals surface area contributed by atoms with Gasteiger partial charge < -0.3 is 10.1 Å². The summed E-state index contributed by atoms with van der Waals surface area (Å²) in [7, 11) is 3.27. The molecule has 1 heterocycles. The molecule has 0 saturated heterocycles. The maximum atomic E-state index is 13.6. The van der Waals surface area contributed by atoms with E-state index in [0.717, 1.165) is 11.3 Å². The van der Waals surface area contributed by atoms with Gasteiger partial charge in [0.05, 0.1) is 30.1 Å². The number of nitrogens with one attached hydrogen (secondary N) is 1. The Hall–Kier alpha value is -1.59. The number of halogens is 2. The summed E-state index contributed by atoms with van der Waals surface area (Å²) < 4.78 is 20.5. The first kappa shape index (κ1) is 15.8. The third-order valence-corrected chi connectivity index (χ3v) is 3.64. The maximum absolute atomic E-state index is 13.6. The summed E-state index contributed by atoms with van der Waals surface area (Å²) in [5.74, 6) is -0.181. The SMILES string of the molecule is CNC(c1ccc(F)c(OC)c1)c1c(Cl)cnn1C(C)C. The number of nitrogens with zero attached hydrogens (tertiary/aromatic N) is 2. The molecule has 0 aliphatic carbocycles. The molecule has 114 valence electrons. The predicted molar refractivity (Wildman–Crippen MR) is 81.5 cm³/mol. The van der Waals surface area contributed by atoms with Crippen molar-refractivity contribution in [3.63, 3.8) is 0 Å². The van der Waals surface area contributed by atoms with E-state index in [1.807, 2.05) is 25.6 Å². The molecule has 2 aromatic rings. The molecule has 0 fully saturated rings. The van der Waals surface area contributed by atoms with Crippen LogP contribution in [-0.4, -0.2) is 23.9 Å². The molecular formula is C15H19ClFN3O. The minimum atomic E-state index is -0.389. The summed E-state index contributed by atoms with van der Waals surface area (Å²) in [5, 5.41) is 8.09. The first-order valence-corrected chi connectivity index (χ1v) is 7.11. The fourth-order valence-corrected chi connectivity index (χ4v) is 2.59. The van der Waals surface area contributed by atoms with Crippen LogP contribution in [0.5, 0.6) is 5.75 Å². The van der Waals surface area contributed by atoms with Crippen molar-refractivity contribution < 1.29 is 9.13 Å². The van der Waals surface area contributed by atoms with Crippen molar-refractivity contribution in [1.82, 2.24) is 15.1 Å². The molecule has 0 amide bonds. The van der Waals surface area contributed by atoms with E-state index in [-0.39, 0.29) is 23.7 Å². The van der Waals surface area contributed by atoms with Crippen molar-refractivity contribution in [3.05, 3.63) is 46.5 Å². The molecule has 0 aliphatic rings. The molecule has 1 N–H and O–H groups in total. The van der Waals surface area contributed by atoms with Crippen LogP contribution in [0.4, 0.5) is 4.39 Å². The van der Waals surface area contributed by atoms with Gasteiger partial charge in [-0.3, -0.25) is 4.68 Å². The molecule has 0 aliphatic heterocycles. The fourth-order valence-electron chi connectivity index (χ4n) is 2.35. The number of benzene rings is 1. The molecule has 2 rings (SSSR count). The Morgan fingerprint density at radius 2 is 2.10 bits per heavy atom. The number of methoxy groups -OCH3 is 1. The van der Waals surface area contributed by atoms with Gasteiger partial charge in [0.15, 0.2) is 11.6 Å². The topological polar surface area (TPSA) is 39.1 Å². The Kier molecular flexibility index (Phi) is 4.85. The molecule has 21 heavy (non-hydrogen) atoms. The van der Waals surface area contributed by atoms with E-state index in [0.29, 0.717) is 5.02 Å². The Morgan fingerprint density at radius 3 is 2.67 bits per heavy atom. The molecule has 6 heteroatoms. The van der Waals surface area contributed by atoms with Crippen molar-refractivity contribution in [2.75, 3.05) is 14.2 Å². The van der Waals surface area contributed by atoms with Gasteiger partial charge in [0.25, 0.3) is 0 Å². The quantitative estimate of drug-likeness (QED) is 0.917. The Balaban J connectivity index is 2.52. The standard InChI is InChI=1S/C15H19ClFN3O/c1-9(2)20-15(11(16)8-19-20)14(18-3)10-5-6-12(17)13(7-10)21-4/h5-9,14,18H,1-4H3. The van der Waals surface area contributed by atoms with E-state index in [1.54, 1.807) is 18.3 Å². The smallest absolute Gasteiger partial charge is 0.165 e. The second kappa shape index (κ2) is 6.45. The predicted octanol–water partition coefficient (Wildman–Crippen LogP) is 3.57. The average molecular weight is 312 g/mol. The molecule has 0 saturated carbocycles. The van der Waals surface area contributed by atoms with Gasteiger partial charge in [-0.2, -0.15) is 5.10 Å². The summed E-state index contributed by atoms with van der Waals surface area (Å²) in [4.78, 5) is 0. The van der Waals surface area contributed by atoms with Gasteiger partial charge >= 0.3 is 0 Å². The molecule has 1 aromatic heterocycles. The van der Waals surface area contributed by atoms with Crippen molar-refractivity contribution in [1.29, 1.82) is 0 Å². The molecule has 0 radical (unpaired) electrons. The first-order valence-electron chi connectivity index (χ1n) is 6.73. The van der Waals surface area contributed by atoms with E-state index in [2.05, 4.69) is 10.4 Å². The molecule has 1 unspecified atom stereocenters. The van der Waals surface area contributed by atoms with Crippen molar-refractivity contribution in [2.45, 2.75) is 25.9 Å². The van der Waals surface area contributed by atoms with E-state index in [1.165, 1.54) is 13.2 Å². The highest BCUT2D eigenvalue weighted by Gasteiger charge is 2.23. The zero-order valence-electron chi connectivity index (χ0n) is 12.5. The third kappa shape index (κ3) is 3.04. The van der Waals surface area contributed by atoms with Gasteiger partial charge in [-0.05, 0) is 38.6 Å². The third-order valence-electron chi connectivity index (χ3n) is 3.35. The number of hydrogen-bond donors (Lipinski definition) is 1. The van der Waals surface area contributed by atoms with Gasteiger partial charge in [0.1, 0.15) is 0 Å². The summed E-state index contributed by atoms with van der Waals surface area (Å²) in [6.45, 7) is 4.07. The lowest BCUT2D eigenvalue weighted by molar-refractivity contribution is 0.385. The highest BCUT2D eigenvalue weighted by atomic mass is 35.5. The second-order valence-corrected chi connectivity index (χ2v) is 5.44. The van der Waals surface area contributed by atoms with Crippen molar-refractivity contribution >= 4 is 11.6 Å². The second-order valence-electron chi connectivity index (χ2n) is 5.03. The Labute approximate surface area is 128 Å². The van der Waals surface area contributed by atoms with Gasteiger partial charge in [-0.25, -0.2) is 4.39 Å². The zero-order chi connectivity index (χ0) is 15.6. The molecule has 0 spiro atoms. The lowest BCUT2D eigenvalue weighted by atomic mass is 10.0. The zero-order valence-corrected chi connectivity index (χ0v) is 13.3. The van der Waals surface area contributed by atoms with Crippen LogP contribution in [0, 0.1) is 5.82 Å². The molecule has 4 nitrogen and oxygen atoms in total. The number of ether oxygens (including phenoxy) is 1. The normalized spacial score (nSPS) is 12.7. The lowest BCUT2D eigenvalue weighted by Gasteiger charge is -2.21. The molecule has 1 atom stereocenters. The van der Waals surface area contributed by atoms with Crippen LogP contribution in [0.1, 0.15) is 37.2 Å². The van der Waals surface area contributed by atoms with Crippen LogP contribution in [0.25, 0.3) is 0 Å². The lowest BCUT2D eigenvalue weighted by Crippen LogP contribution is -2.23. The van der Waals surface area contributed by atoms with Crippen LogP contribution < -0.4 is 10.1 Å². The van der Waals surface area contributed by atoms with E-state index >= 15 is 0 Å². The summed E-state index contributed by atoms with van der Waals surface area (Å²) in [6.07, 6.45) is 1.63. The van der Waals surface area contributed by atoms with Crippen LogP contribution in [0.15, 0.2) is 24.4 Å². The van der Waals surface area contributed by atoms with Crippen molar-refractivity contribution in [2.24, 2.45) is 0 Å². The highest BCUT2D eigenvalue weighted by molar-refractivity contribution is 6.31. The maximum Gasteiger partial charge on any atom is 0.165 e. The van der Waals surface area contributed by atoms with Crippen molar-refractivity contribution in [3.8, 4) is 5.75 Å². The summed E-state index contributed by atoms with van der Waals surface area (Å²) >= 11 is 6.29. The number of rotatable bonds is 5. The Bertz CT molecular complexity index is 627. The van der Waals surface area contributed by atoms with Crippen LogP contribution >= 0.6 is 11.6 Å². The van der Waals surface area contributed by atoms with Gasteiger partial charge in [-0.1, -0.05) is 17.7 Å². The highest BCUT2D eigenvalue weighted by Crippen LogP contribution is 2.32. The monoisotopic (exact) mass is 311 g/mol. The van der Waals surface area contributed by atoms with Gasteiger partial charge in [0, 0.05) is 6.04 Å². The van der Waals surface area contributed by atoms with E-state index in [9.17, 15) is 4.39 Å². The number of aromatic nitrogens is 2. The minimum absolute atomic E-state index is 0.172. The molecule has 1 aromatic carbocycles. The first-order chi connectivity index (χ1) is 9.99. The Morgan fingerprint density at radius 1 is 1.38 bits per heavy atom. The van der Waals surface area contributed by atoms with Crippen LogP contribution in [-0.2, 0) is 0 Å². The van der Waals surface area contributed by atoms with Crippen LogP contribution in [0.3, 0.4) is 0 Å². The van der Waals surface area contributed by atoms with Gasteiger partial charge in [-0.15, -0.1) is 0 Å². The van der Waals surface area contributed by atoms with E-state index < -0.39 is 0 Å². The minimum Gasteiger partial charge on any atom is -0.494 e. The summed E-state index contributed by atoms with van der Waals surface area (Å²) in [5.41, 5.74) is 1.71. The van der Waals surface area contributed by atoms with E-state index in [4.69, 9.17) is 16.3 Å². The van der Waals surface area contributed by atoms with Crippen LogP contribution in [0.2, 0.25) is 5.02 Å². The molecule has 0 bridgehead atoms. The largest absolute Gasteiger partial charge is 0.494 e. The number of hydrogen-bond acceptors (Lipinski definition) is 3. The summed E-state index contributed by atoms with van der Waals surface area (Å²) in [6, 6.07) is 4.75. The fraction of sp³-hybridized carbons (Fsp3) is 0.400. The van der Waals surface area contributed by atoms with Gasteiger partial charge in [0.2, 0.25) is 0 Å². The average Bonchev–Trinajstić information content (AvgIpc) is 2.84. The molecular weight excluding hydrogens is 293 g/mol.